The lowest BCUT2D eigenvalue weighted by atomic mass is 10.0. The molecule has 0 aromatic heterocycles. The number of hydrogen-bond donors (Lipinski definition) is 1. The molecule has 0 saturated heterocycles. The molecular weight excluding hydrogens is 674 g/mol. The number of amides is 2. The van der Waals surface area contributed by atoms with Crippen LogP contribution in [-0.4, -0.2) is 44.3 Å². The maximum atomic E-state index is 14.5. The fraction of sp³-hybridized carbons (Fsp3) is 0.257. The van der Waals surface area contributed by atoms with E-state index < -0.39 is 28.5 Å². The van der Waals surface area contributed by atoms with Gasteiger partial charge in [0.2, 0.25) is 11.8 Å². The summed E-state index contributed by atoms with van der Waals surface area (Å²) in [4.78, 5) is 29.8. The van der Waals surface area contributed by atoms with E-state index in [1.807, 2.05) is 57.2 Å². The van der Waals surface area contributed by atoms with Crippen LogP contribution >= 0.6 is 27.5 Å². The number of carbonyl (C=O) groups is 2. The molecule has 0 fully saturated rings. The molecule has 0 heterocycles. The minimum atomic E-state index is -4.17. The molecular formula is C35H37BrClN3O4S. The number of aryl methyl sites for hydroxylation is 1. The van der Waals surface area contributed by atoms with Gasteiger partial charge in [-0.05, 0) is 72.5 Å². The fourth-order valence-electron chi connectivity index (χ4n) is 4.78. The number of halogens is 2. The van der Waals surface area contributed by atoms with Crippen LogP contribution in [-0.2, 0) is 32.6 Å². The first-order valence-corrected chi connectivity index (χ1v) is 17.3. The SMILES string of the molecule is Cc1ccc(S(=O)(=O)N(CC(=O)N(Cc2cccc(Cl)c2)C(Cc2ccccc2)C(=O)NCC(C)C)c2ccc(Br)cc2)cc1. The van der Waals surface area contributed by atoms with Crippen molar-refractivity contribution in [3.8, 4) is 0 Å². The van der Waals surface area contributed by atoms with Gasteiger partial charge in [-0.3, -0.25) is 13.9 Å². The number of hydrogen-bond acceptors (Lipinski definition) is 4. The molecule has 7 nitrogen and oxygen atoms in total. The van der Waals surface area contributed by atoms with Crippen molar-refractivity contribution < 1.29 is 18.0 Å². The normalized spacial score (nSPS) is 12.0. The summed E-state index contributed by atoms with van der Waals surface area (Å²) in [5.74, 6) is -0.662. The Bertz CT molecular complexity index is 1700. The molecule has 1 atom stereocenters. The summed E-state index contributed by atoms with van der Waals surface area (Å²) in [6.07, 6.45) is 0.236. The van der Waals surface area contributed by atoms with Gasteiger partial charge >= 0.3 is 0 Å². The standard InChI is InChI=1S/C35H37BrClN3O4S/c1-25(2)22-38-35(42)33(21-27-8-5-4-6-9-27)39(23-28-10-7-11-30(37)20-28)34(41)24-40(31-16-14-29(36)15-17-31)45(43,44)32-18-12-26(3)13-19-32/h4-20,25,33H,21-24H2,1-3H3,(H,38,42). The number of anilines is 1. The van der Waals surface area contributed by atoms with E-state index in [-0.39, 0.29) is 29.7 Å². The van der Waals surface area contributed by atoms with Gasteiger partial charge in [-0.1, -0.05) is 102 Å². The van der Waals surface area contributed by atoms with E-state index in [1.165, 1.54) is 17.0 Å². The Morgan fingerprint density at radius 2 is 1.51 bits per heavy atom. The molecule has 0 bridgehead atoms. The van der Waals surface area contributed by atoms with Gasteiger partial charge in [0, 0.05) is 29.0 Å². The number of rotatable bonds is 13. The Hall–Kier alpha value is -3.66. The van der Waals surface area contributed by atoms with Crippen LogP contribution in [0.25, 0.3) is 0 Å². The van der Waals surface area contributed by atoms with E-state index in [4.69, 9.17) is 11.6 Å². The maximum absolute atomic E-state index is 14.5. The highest BCUT2D eigenvalue weighted by molar-refractivity contribution is 9.10. The lowest BCUT2D eigenvalue weighted by Gasteiger charge is -2.34. The van der Waals surface area contributed by atoms with Gasteiger partial charge in [0.15, 0.2) is 0 Å². The summed E-state index contributed by atoms with van der Waals surface area (Å²) in [7, 11) is -4.17. The van der Waals surface area contributed by atoms with Gasteiger partial charge in [0.1, 0.15) is 12.6 Å². The van der Waals surface area contributed by atoms with Gasteiger partial charge in [-0.15, -0.1) is 0 Å². The highest BCUT2D eigenvalue weighted by atomic mass is 79.9. The molecule has 45 heavy (non-hydrogen) atoms. The topological polar surface area (TPSA) is 86.8 Å². The maximum Gasteiger partial charge on any atom is 0.264 e. The molecule has 236 valence electrons. The number of benzene rings is 4. The molecule has 10 heteroatoms. The second-order valence-corrected chi connectivity index (χ2v) is 14.5. The van der Waals surface area contributed by atoms with Crippen LogP contribution in [0.2, 0.25) is 5.02 Å². The summed E-state index contributed by atoms with van der Waals surface area (Å²) in [5, 5.41) is 3.48. The van der Waals surface area contributed by atoms with E-state index >= 15 is 0 Å². The average molecular weight is 711 g/mol. The van der Waals surface area contributed by atoms with E-state index in [0.29, 0.717) is 22.8 Å². The van der Waals surface area contributed by atoms with E-state index in [2.05, 4.69) is 21.2 Å². The fourth-order valence-corrected chi connectivity index (χ4v) is 6.67. The van der Waals surface area contributed by atoms with Crippen molar-refractivity contribution in [2.75, 3.05) is 17.4 Å². The Kier molecular flexibility index (Phi) is 11.8. The molecule has 1 N–H and O–H groups in total. The van der Waals surface area contributed by atoms with Crippen LogP contribution in [0.3, 0.4) is 0 Å². The molecule has 0 aliphatic rings. The van der Waals surface area contributed by atoms with E-state index in [0.717, 1.165) is 19.9 Å². The summed E-state index contributed by atoms with van der Waals surface area (Å²) >= 11 is 9.71. The quantitative estimate of drug-likeness (QED) is 0.162. The largest absolute Gasteiger partial charge is 0.354 e. The monoisotopic (exact) mass is 709 g/mol. The second kappa shape index (κ2) is 15.6. The van der Waals surface area contributed by atoms with Crippen molar-refractivity contribution in [1.82, 2.24) is 10.2 Å². The molecule has 0 radical (unpaired) electrons. The highest BCUT2D eigenvalue weighted by Gasteiger charge is 2.34. The van der Waals surface area contributed by atoms with Gasteiger partial charge in [0.25, 0.3) is 10.0 Å². The molecule has 4 aromatic rings. The third-order valence-corrected chi connectivity index (χ3v) is 9.75. The number of carbonyl (C=O) groups excluding carboxylic acids is 2. The first kappa shape index (κ1) is 34.2. The van der Waals surface area contributed by atoms with Crippen LogP contribution in [0.4, 0.5) is 5.69 Å². The predicted octanol–water partition coefficient (Wildman–Crippen LogP) is 7.02. The number of nitrogens with one attached hydrogen (secondary N) is 1. The first-order chi connectivity index (χ1) is 21.4. The van der Waals surface area contributed by atoms with Gasteiger partial charge in [-0.25, -0.2) is 8.42 Å². The lowest BCUT2D eigenvalue weighted by molar-refractivity contribution is -0.140. The van der Waals surface area contributed by atoms with Crippen molar-refractivity contribution >= 4 is 55.1 Å². The van der Waals surface area contributed by atoms with Gasteiger partial charge in [-0.2, -0.15) is 0 Å². The third-order valence-electron chi connectivity index (χ3n) is 7.20. The molecule has 0 aliphatic heterocycles. The molecule has 4 aromatic carbocycles. The molecule has 0 saturated carbocycles. The second-order valence-electron chi connectivity index (χ2n) is 11.3. The van der Waals surface area contributed by atoms with Crippen molar-refractivity contribution in [2.45, 2.75) is 44.7 Å². The van der Waals surface area contributed by atoms with Crippen LogP contribution < -0.4 is 9.62 Å². The van der Waals surface area contributed by atoms with Gasteiger partial charge in [0.05, 0.1) is 10.6 Å². The number of sulfonamides is 1. The average Bonchev–Trinajstić information content (AvgIpc) is 3.01. The Morgan fingerprint density at radius 3 is 2.13 bits per heavy atom. The molecule has 4 rings (SSSR count). The Labute approximate surface area is 279 Å². The smallest absolute Gasteiger partial charge is 0.264 e. The van der Waals surface area contributed by atoms with Crippen molar-refractivity contribution in [3.63, 3.8) is 0 Å². The van der Waals surface area contributed by atoms with Crippen molar-refractivity contribution in [3.05, 3.63) is 129 Å². The first-order valence-electron chi connectivity index (χ1n) is 14.6. The van der Waals surface area contributed by atoms with Gasteiger partial charge < -0.3 is 10.2 Å². The summed E-state index contributed by atoms with van der Waals surface area (Å²) in [6.45, 7) is 5.81. The summed E-state index contributed by atoms with van der Waals surface area (Å²) < 4.78 is 30.1. The van der Waals surface area contributed by atoms with Crippen LogP contribution in [0.5, 0.6) is 0 Å². The van der Waals surface area contributed by atoms with Crippen LogP contribution in [0.15, 0.2) is 112 Å². The summed E-state index contributed by atoms with van der Waals surface area (Å²) in [5.41, 5.74) is 2.80. The van der Waals surface area contributed by atoms with E-state index in [1.54, 1.807) is 54.6 Å². The van der Waals surface area contributed by atoms with Crippen molar-refractivity contribution in [2.24, 2.45) is 5.92 Å². The minimum Gasteiger partial charge on any atom is -0.354 e. The Balaban J connectivity index is 1.79. The van der Waals surface area contributed by atoms with Crippen LogP contribution in [0.1, 0.15) is 30.5 Å². The zero-order valence-corrected chi connectivity index (χ0v) is 28.6. The number of nitrogens with zero attached hydrogens (tertiary/aromatic N) is 2. The summed E-state index contributed by atoms with van der Waals surface area (Å²) in [6, 6.07) is 28.8. The lowest BCUT2D eigenvalue weighted by Crippen LogP contribution is -2.53. The molecule has 0 aliphatic carbocycles. The predicted molar refractivity (Wildman–Crippen MR) is 184 cm³/mol. The third kappa shape index (κ3) is 9.42. The Morgan fingerprint density at radius 1 is 0.867 bits per heavy atom. The van der Waals surface area contributed by atoms with E-state index in [9.17, 15) is 18.0 Å². The molecule has 1 unspecified atom stereocenters. The zero-order valence-electron chi connectivity index (χ0n) is 25.5. The minimum absolute atomic E-state index is 0.0464. The van der Waals surface area contributed by atoms with Crippen LogP contribution in [0, 0.1) is 12.8 Å². The highest BCUT2D eigenvalue weighted by Crippen LogP contribution is 2.27. The molecule has 2 amide bonds. The zero-order chi connectivity index (χ0) is 32.6. The molecule has 0 spiro atoms. The van der Waals surface area contributed by atoms with Crippen molar-refractivity contribution in [1.29, 1.82) is 0 Å².